The van der Waals surface area contributed by atoms with Crippen LogP contribution in [-0.4, -0.2) is 47.7 Å². The summed E-state index contributed by atoms with van der Waals surface area (Å²) >= 11 is 0. The van der Waals surface area contributed by atoms with Gasteiger partial charge in [-0.3, -0.25) is 0 Å². The van der Waals surface area contributed by atoms with Gasteiger partial charge in [-0.15, -0.1) is 24.0 Å². The zero-order valence-electron chi connectivity index (χ0n) is 14.5. The minimum atomic E-state index is -0.280. The highest BCUT2D eigenvalue weighted by Gasteiger charge is 2.07. The van der Waals surface area contributed by atoms with Gasteiger partial charge in [-0.05, 0) is 31.2 Å². The van der Waals surface area contributed by atoms with Crippen LogP contribution in [0.5, 0.6) is 5.75 Å². The predicted octanol–water partition coefficient (Wildman–Crippen LogP) is 2.61. The Morgan fingerprint density at radius 1 is 1.36 bits per heavy atom. The first-order valence-corrected chi connectivity index (χ1v) is 7.75. The third-order valence-electron chi connectivity index (χ3n) is 3.15. The molecule has 0 amide bonds. The number of ether oxygens (including phenoxy) is 1. The van der Waals surface area contributed by atoms with E-state index in [0.717, 1.165) is 12.5 Å². The van der Waals surface area contributed by atoms with Crippen molar-refractivity contribution in [1.82, 2.24) is 20.4 Å². The highest BCUT2D eigenvalue weighted by Crippen LogP contribution is 2.10. The summed E-state index contributed by atoms with van der Waals surface area (Å²) in [5.74, 6) is 2.14. The standard InChI is InChI=1S/C16H22FN5O2.HI/c1-4-18-16(19-11-15-20-12(2)24-21-15)22(3)9-10-23-14-7-5-13(17)6-8-14;/h5-8H,4,9-11H2,1-3H3,(H,18,19);1H. The summed E-state index contributed by atoms with van der Waals surface area (Å²) in [6, 6.07) is 5.95. The number of hydrogen-bond acceptors (Lipinski definition) is 5. The molecule has 0 aliphatic rings. The van der Waals surface area contributed by atoms with Gasteiger partial charge in [-0.2, -0.15) is 4.98 Å². The predicted molar refractivity (Wildman–Crippen MR) is 104 cm³/mol. The van der Waals surface area contributed by atoms with Crippen molar-refractivity contribution < 1.29 is 13.7 Å². The molecule has 0 saturated carbocycles. The van der Waals surface area contributed by atoms with Crippen LogP contribution in [0, 0.1) is 12.7 Å². The molecule has 0 atom stereocenters. The zero-order valence-corrected chi connectivity index (χ0v) is 16.9. The van der Waals surface area contributed by atoms with Crippen molar-refractivity contribution in [2.24, 2.45) is 4.99 Å². The van der Waals surface area contributed by atoms with Crippen molar-refractivity contribution in [3.63, 3.8) is 0 Å². The molecule has 9 heteroatoms. The number of aliphatic imine (C=N–C) groups is 1. The number of nitrogens with one attached hydrogen (secondary N) is 1. The SMILES string of the molecule is CCNC(=NCc1noc(C)n1)N(C)CCOc1ccc(F)cc1.I. The number of rotatable bonds is 7. The Kier molecular flexibility index (Phi) is 9.17. The molecule has 0 unspecified atom stereocenters. The van der Waals surface area contributed by atoms with Gasteiger partial charge in [-0.1, -0.05) is 5.16 Å². The second kappa shape index (κ2) is 10.9. The zero-order chi connectivity index (χ0) is 17.4. The number of benzene rings is 1. The van der Waals surface area contributed by atoms with E-state index < -0.39 is 0 Å². The molecule has 1 aromatic heterocycles. The van der Waals surface area contributed by atoms with Crippen LogP contribution in [-0.2, 0) is 6.54 Å². The Bertz CT molecular complexity index is 663. The maximum Gasteiger partial charge on any atom is 0.223 e. The van der Waals surface area contributed by atoms with Crippen LogP contribution in [0.25, 0.3) is 0 Å². The lowest BCUT2D eigenvalue weighted by molar-refractivity contribution is 0.281. The average Bonchev–Trinajstić information content (AvgIpc) is 2.98. The molecule has 1 N–H and O–H groups in total. The first-order valence-electron chi connectivity index (χ1n) is 7.75. The quantitative estimate of drug-likeness (QED) is 0.387. The van der Waals surface area contributed by atoms with E-state index in [1.807, 2.05) is 18.9 Å². The van der Waals surface area contributed by atoms with Crippen LogP contribution in [0.2, 0.25) is 0 Å². The van der Waals surface area contributed by atoms with E-state index in [4.69, 9.17) is 9.26 Å². The average molecular weight is 463 g/mol. The molecule has 0 fully saturated rings. The third-order valence-corrected chi connectivity index (χ3v) is 3.15. The smallest absolute Gasteiger partial charge is 0.223 e. The van der Waals surface area contributed by atoms with Gasteiger partial charge in [0.05, 0.1) is 6.54 Å². The van der Waals surface area contributed by atoms with E-state index in [1.54, 1.807) is 19.1 Å². The molecule has 1 aromatic carbocycles. The van der Waals surface area contributed by atoms with Gasteiger partial charge in [0.15, 0.2) is 11.8 Å². The van der Waals surface area contributed by atoms with E-state index in [1.165, 1.54) is 12.1 Å². The number of nitrogens with zero attached hydrogens (tertiary/aromatic N) is 4. The normalized spacial score (nSPS) is 11.0. The Hall–Kier alpha value is -1.91. The van der Waals surface area contributed by atoms with Gasteiger partial charge >= 0.3 is 0 Å². The molecule has 0 radical (unpaired) electrons. The summed E-state index contributed by atoms with van der Waals surface area (Å²) < 4.78 is 23.4. The van der Waals surface area contributed by atoms with Crippen molar-refractivity contribution in [1.29, 1.82) is 0 Å². The summed E-state index contributed by atoms with van der Waals surface area (Å²) in [5.41, 5.74) is 0. The van der Waals surface area contributed by atoms with Gasteiger partial charge in [-0.25, -0.2) is 9.38 Å². The number of aromatic nitrogens is 2. The van der Waals surface area contributed by atoms with Crippen molar-refractivity contribution in [2.75, 3.05) is 26.7 Å². The molecule has 1 heterocycles. The molecule has 7 nitrogen and oxygen atoms in total. The van der Waals surface area contributed by atoms with E-state index >= 15 is 0 Å². The highest BCUT2D eigenvalue weighted by atomic mass is 127. The molecule has 0 spiro atoms. The van der Waals surface area contributed by atoms with Crippen molar-refractivity contribution in [3.05, 3.63) is 41.8 Å². The lowest BCUT2D eigenvalue weighted by atomic mass is 10.3. The third kappa shape index (κ3) is 7.24. The summed E-state index contributed by atoms with van der Waals surface area (Å²) in [6.07, 6.45) is 0. The van der Waals surface area contributed by atoms with E-state index in [2.05, 4.69) is 20.4 Å². The molecule has 0 saturated heterocycles. The van der Waals surface area contributed by atoms with Gasteiger partial charge in [0, 0.05) is 20.5 Å². The molecule has 0 bridgehead atoms. The van der Waals surface area contributed by atoms with Gasteiger partial charge in [0.25, 0.3) is 0 Å². The lowest BCUT2D eigenvalue weighted by Gasteiger charge is -2.21. The molecule has 25 heavy (non-hydrogen) atoms. The Balaban J connectivity index is 0.00000312. The van der Waals surface area contributed by atoms with E-state index in [9.17, 15) is 4.39 Å². The second-order valence-electron chi connectivity index (χ2n) is 5.12. The van der Waals surface area contributed by atoms with Gasteiger partial charge in [0.1, 0.15) is 24.7 Å². The first-order chi connectivity index (χ1) is 11.6. The van der Waals surface area contributed by atoms with Crippen LogP contribution >= 0.6 is 24.0 Å². The molecule has 0 aliphatic carbocycles. The summed E-state index contributed by atoms with van der Waals surface area (Å²) in [6.45, 7) is 5.89. The number of aryl methyl sites for hydroxylation is 1. The molecule has 2 rings (SSSR count). The van der Waals surface area contributed by atoms with Gasteiger partial charge in [0.2, 0.25) is 5.89 Å². The summed E-state index contributed by atoms with van der Waals surface area (Å²) in [5, 5.41) is 7.02. The first kappa shape index (κ1) is 21.1. The Morgan fingerprint density at radius 3 is 2.68 bits per heavy atom. The van der Waals surface area contributed by atoms with Crippen LogP contribution in [0.3, 0.4) is 0 Å². The molecule has 0 aliphatic heterocycles. The number of halogens is 2. The van der Waals surface area contributed by atoms with Crippen LogP contribution in [0.1, 0.15) is 18.6 Å². The number of hydrogen-bond donors (Lipinski definition) is 1. The minimum Gasteiger partial charge on any atom is -0.492 e. The topological polar surface area (TPSA) is 75.8 Å². The molecular weight excluding hydrogens is 440 g/mol. The fourth-order valence-corrected chi connectivity index (χ4v) is 1.96. The van der Waals surface area contributed by atoms with Gasteiger partial charge < -0.3 is 19.5 Å². The molecular formula is C16H23FIN5O2. The van der Waals surface area contributed by atoms with Crippen molar-refractivity contribution in [3.8, 4) is 5.75 Å². The fourth-order valence-electron chi connectivity index (χ4n) is 1.96. The number of likely N-dealkylation sites (N-methyl/N-ethyl adjacent to an activating group) is 1. The second-order valence-corrected chi connectivity index (χ2v) is 5.12. The monoisotopic (exact) mass is 463 g/mol. The highest BCUT2D eigenvalue weighted by molar-refractivity contribution is 14.0. The fraction of sp³-hybridized carbons (Fsp3) is 0.438. The molecule has 138 valence electrons. The Labute approximate surface area is 163 Å². The van der Waals surface area contributed by atoms with Crippen LogP contribution in [0.15, 0.2) is 33.8 Å². The lowest BCUT2D eigenvalue weighted by Crippen LogP contribution is -2.40. The largest absolute Gasteiger partial charge is 0.492 e. The van der Waals surface area contributed by atoms with E-state index in [-0.39, 0.29) is 29.8 Å². The Morgan fingerprint density at radius 2 is 2.08 bits per heavy atom. The van der Waals surface area contributed by atoms with E-state index in [0.29, 0.717) is 37.2 Å². The minimum absolute atomic E-state index is 0. The van der Waals surface area contributed by atoms with Crippen LogP contribution in [0.4, 0.5) is 4.39 Å². The summed E-state index contributed by atoms with van der Waals surface area (Å²) in [7, 11) is 1.91. The number of guanidine groups is 1. The van der Waals surface area contributed by atoms with Crippen LogP contribution < -0.4 is 10.1 Å². The summed E-state index contributed by atoms with van der Waals surface area (Å²) in [4.78, 5) is 10.5. The van der Waals surface area contributed by atoms with Crippen molar-refractivity contribution in [2.45, 2.75) is 20.4 Å². The maximum absolute atomic E-state index is 12.8. The maximum atomic E-state index is 12.8. The van der Waals surface area contributed by atoms with Crippen molar-refractivity contribution >= 4 is 29.9 Å². The molecule has 2 aromatic rings.